The molecule has 0 amide bonds. The van der Waals surface area contributed by atoms with Gasteiger partial charge in [0.15, 0.2) is 0 Å². The number of benzene rings is 1. The third-order valence-corrected chi connectivity index (χ3v) is 5.62. The van der Waals surface area contributed by atoms with Gasteiger partial charge in [-0.2, -0.15) is 4.31 Å². The lowest BCUT2D eigenvalue weighted by molar-refractivity contribution is 0.222. The Kier molecular flexibility index (Phi) is 4.46. The molecular weight excluding hydrogens is 279 g/mol. The van der Waals surface area contributed by atoms with Crippen molar-refractivity contribution >= 4 is 10.0 Å². The molecule has 20 heavy (non-hydrogen) atoms. The van der Waals surface area contributed by atoms with E-state index in [1.54, 1.807) is 0 Å². The second-order valence-electron chi connectivity index (χ2n) is 5.72. The molecule has 0 aromatic heterocycles. The van der Waals surface area contributed by atoms with Crippen molar-refractivity contribution in [3.63, 3.8) is 0 Å². The molecule has 1 aliphatic heterocycles. The van der Waals surface area contributed by atoms with E-state index in [1.807, 2.05) is 13.8 Å². The van der Waals surface area contributed by atoms with E-state index < -0.39 is 15.8 Å². The maximum Gasteiger partial charge on any atom is 0.243 e. The normalized spacial score (nSPS) is 24.8. The van der Waals surface area contributed by atoms with Crippen molar-refractivity contribution < 1.29 is 12.8 Å². The van der Waals surface area contributed by atoms with Gasteiger partial charge in [0.2, 0.25) is 10.0 Å². The molecule has 4 nitrogen and oxygen atoms in total. The van der Waals surface area contributed by atoms with E-state index in [9.17, 15) is 12.8 Å². The van der Waals surface area contributed by atoms with Crippen LogP contribution < -0.4 is 5.73 Å². The Hall–Kier alpha value is -0.980. The molecule has 2 rings (SSSR count). The second-order valence-corrected chi connectivity index (χ2v) is 7.63. The van der Waals surface area contributed by atoms with E-state index in [4.69, 9.17) is 5.73 Å². The van der Waals surface area contributed by atoms with Crippen molar-refractivity contribution in [2.24, 2.45) is 17.6 Å². The highest BCUT2D eigenvalue weighted by atomic mass is 32.2. The third kappa shape index (κ3) is 3.02. The van der Waals surface area contributed by atoms with Gasteiger partial charge >= 0.3 is 0 Å². The Morgan fingerprint density at radius 2 is 1.90 bits per heavy atom. The predicted molar refractivity (Wildman–Crippen MR) is 76.0 cm³/mol. The van der Waals surface area contributed by atoms with Crippen LogP contribution in [-0.4, -0.2) is 25.8 Å². The molecule has 2 unspecified atom stereocenters. The van der Waals surface area contributed by atoms with Crippen LogP contribution in [0.1, 0.15) is 25.8 Å². The van der Waals surface area contributed by atoms with E-state index in [0.717, 1.165) is 12.5 Å². The van der Waals surface area contributed by atoms with E-state index in [-0.39, 0.29) is 11.4 Å². The molecular formula is C14H21FN2O2S. The third-order valence-electron chi connectivity index (χ3n) is 3.70. The van der Waals surface area contributed by atoms with Gasteiger partial charge in [0.05, 0.1) is 4.90 Å². The van der Waals surface area contributed by atoms with Crippen molar-refractivity contribution in [3.05, 3.63) is 29.6 Å². The molecule has 0 aliphatic carbocycles. The molecule has 6 heteroatoms. The van der Waals surface area contributed by atoms with Gasteiger partial charge in [-0.1, -0.05) is 19.9 Å². The molecule has 1 heterocycles. The highest BCUT2D eigenvalue weighted by Gasteiger charge is 2.33. The zero-order valence-corrected chi connectivity index (χ0v) is 12.7. The number of rotatable bonds is 3. The van der Waals surface area contributed by atoms with Gasteiger partial charge in [-0.15, -0.1) is 0 Å². The zero-order valence-electron chi connectivity index (χ0n) is 11.8. The first kappa shape index (κ1) is 15.4. The van der Waals surface area contributed by atoms with Gasteiger partial charge in [0, 0.05) is 19.6 Å². The van der Waals surface area contributed by atoms with E-state index in [2.05, 4.69) is 0 Å². The quantitative estimate of drug-likeness (QED) is 0.928. The molecule has 0 spiro atoms. The first-order chi connectivity index (χ1) is 9.34. The van der Waals surface area contributed by atoms with E-state index in [1.165, 1.54) is 16.4 Å². The number of hydrogen-bond donors (Lipinski definition) is 1. The standard InChI is InChI=1S/C14H21FN2O2S/c1-10-5-11(2)9-17(8-10)20(18,19)14-6-13(15)4-3-12(14)7-16/h3-4,6,10-11H,5,7-9,16H2,1-2H3. The molecule has 0 saturated carbocycles. The summed E-state index contributed by atoms with van der Waals surface area (Å²) in [6.45, 7) is 5.11. The van der Waals surface area contributed by atoms with Crippen LogP contribution in [0.15, 0.2) is 23.1 Å². The fourth-order valence-electron chi connectivity index (χ4n) is 2.88. The van der Waals surface area contributed by atoms with Gasteiger partial charge in [-0.05, 0) is 36.0 Å². The molecule has 1 aliphatic rings. The lowest BCUT2D eigenvalue weighted by Gasteiger charge is -2.34. The molecule has 1 aromatic carbocycles. The summed E-state index contributed by atoms with van der Waals surface area (Å²) < 4.78 is 40.3. The molecule has 0 radical (unpaired) electrons. The van der Waals surface area contributed by atoms with Crippen LogP contribution in [-0.2, 0) is 16.6 Å². The molecule has 112 valence electrons. The van der Waals surface area contributed by atoms with Crippen LogP contribution in [0.25, 0.3) is 0 Å². The summed E-state index contributed by atoms with van der Waals surface area (Å²) >= 11 is 0. The van der Waals surface area contributed by atoms with Crippen molar-refractivity contribution in [3.8, 4) is 0 Å². The summed E-state index contributed by atoms with van der Waals surface area (Å²) in [5, 5.41) is 0. The Morgan fingerprint density at radius 1 is 1.30 bits per heavy atom. The van der Waals surface area contributed by atoms with Gasteiger partial charge < -0.3 is 5.73 Å². The summed E-state index contributed by atoms with van der Waals surface area (Å²) in [5.74, 6) is 0.0608. The minimum absolute atomic E-state index is 0.00120. The number of sulfonamides is 1. The zero-order chi connectivity index (χ0) is 14.9. The summed E-state index contributed by atoms with van der Waals surface area (Å²) in [6, 6.07) is 3.75. The average Bonchev–Trinajstić information content (AvgIpc) is 2.37. The number of hydrogen-bond acceptors (Lipinski definition) is 3. The molecule has 1 aromatic rings. The molecule has 1 saturated heterocycles. The molecule has 2 N–H and O–H groups in total. The molecule has 0 bridgehead atoms. The Morgan fingerprint density at radius 3 is 2.45 bits per heavy atom. The highest BCUT2D eigenvalue weighted by Crippen LogP contribution is 2.28. The first-order valence-electron chi connectivity index (χ1n) is 6.83. The van der Waals surface area contributed by atoms with Gasteiger partial charge in [-0.25, -0.2) is 12.8 Å². The van der Waals surface area contributed by atoms with Crippen molar-refractivity contribution in [2.45, 2.75) is 31.7 Å². The SMILES string of the molecule is CC1CC(C)CN(S(=O)(=O)c2cc(F)ccc2CN)C1. The maximum absolute atomic E-state index is 13.4. The fraction of sp³-hybridized carbons (Fsp3) is 0.571. The average molecular weight is 300 g/mol. The summed E-state index contributed by atoms with van der Waals surface area (Å²) in [6.07, 6.45) is 1.01. The van der Waals surface area contributed by atoms with Crippen LogP contribution in [0.4, 0.5) is 4.39 Å². The topological polar surface area (TPSA) is 63.4 Å². The van der Waals surface area contributed by atoms with Crippen molar-refractivity contribution in [1.82, 2.24) is 4.31 Å². The maximum atomic E-state index is 13.4. The number of piperidine rings is 1. The van der Waals surface area contributed by atoms with Crippen molar-refractivity contribution in [2.75, 3.05) is 13.1 Å². The summed E-state index contributed by atoms with van der Waals surface area (Å²) in [4.78, 5) is 0.00120. The van der Waals surface area contributed by atoms with E-state index in [0.29, 0.717) is 30.5 Å². The predicted octanol–water partition coefficient (Wildman–Crippen LogP) is 1.95. The smallest absolute Gasteiger partial charge is 0.243 e. The lowest BCUT2D eigenvalue weighted by atomic mass is 9.94. The van der Waals surface area contributed by atoms with Gasteiger partial charge in [-0.3, -0.25) is 0 Å². The highest BCUT2D eigenvalue weighted by molar-refractivity contribution is 7.89. The number of nitrogens with two attached hydrogens (primary N) is 1. The number of halogens is 1. The van der Waals surface area contributed by atoms with Crippen LogP contribution in [0.3, 0.4) is 0 Å². The Balaban J connectivity index is 2.42. The molecule has 2 atom stereocenters. The minimum atomic E-state index is -3.68. The van der Waals surface area contributed by atoms with Crippen molar-refractivity contribution in [1.29, 1.82) is 0 Å². The van der Waals surface area contributed by atoms with Crippen LogP contribution in [0.5, 0.6) is 0 Å². The Bertz CT molecular complexity index is 579. The minimum Gasteiger partial charge on any atom is -0.326 e. The summed E-state index contributed by atoms with van der Waals surface area (Å²) in [5.41, 5.74) is 6.03. The van der Waals surface area contributed by atoms with E-state index >= 15 is 0 Å². The van der Waals surface area contributed by atoms with Gasteiger partial charge in [0.1, 0.15) is 5.82 Å². The second kappa shape index (κ2) is 5.79. The van der Waals surface area contributed by atoms with Crippen LogP contribution >= 0.6 is 0 Å². The lowest BCUT2D eigenvalue weighted by Crippen LogP contribution is -2.42. The van der Waals surface area contributed by atoms with Gasteiger partial charge in [0.25, 0.3) is 0 Å². The number of nitrogens with zero attached hydrogens (tertiary/aromatic N) is 1. The monoisotopic (exact) mass is 300 g/mol. The summed E-state index contributed by atoms with van der Waals surface area (Å²) in [7, 11) is -3.68. The van der Waals surface area contributed by atoms with Crippen LogP contribution in [0.2, 0.25) is 0 Å². The largest absolute Gasteiger partial charge is 0.326 e. The first-order valence-corrected chi connectivity index (χ1v) is 8.27. The molecule has 1 fully saturated rings. The fourth-order valence-corrected chi connectivity index (χ4v) is 4.80. The Labute approximate surface area is 119 Å². The van der Waals surface area contributed by atoms with Crippen LogP contribution in [0, 0.1) is 17.7 Å².